The maximum absolute atomic E-state index is 13.6. The van der Waals surface area contributed by atoms with Gasteiger partial charge in [-0.05, 0) is 80.1 Å². The van der Waals surface area contributed by atoms with Gasteiger partial charge in [0.15, 0.2) is 0 Å². The molecule has 0 atom stereocenters. The fraction of sp³-hybridized carbons (Fsp3) is 0.333. The maximum Gasteiger partial charge on any atom is 0.410 e. The van der Waals surface area contributed by atoms with Crippen molar-refractivity contribution in [1.29, 1.82) is 0 Å². The fourth-order valence-corrected chi connectivity index (χ4v) is 4.86. The molecule has 0 radical (unpaired) electrons. The highest BCUT2D eigenvalue weighted by molar-refractivity contribution is 5.91. The summed E-state index contributed by atoms with van der Waals surface area (Å²) >= 11 is 0. The largest absolute Gasteiger partial charge is 0.450 e. The van der Waals surface area contributed by atoms with Gasteiger partial charge in [-0.2, -0.15) is 0 Å². The first kappa shape index (κ1) is 23.7. The van der Waals surface area contributed by atoms with Crippen LogP contribution in [0.1, 0.15) is 35.7 Å². The highest BCUT2D eigenvalue weighted by Gasteiger charge is 2.27. The summed E-state index contributed by atoms with van der Waals surface area (Å²) in [5.74, 6) is -0.536. The van der Waals surface area contributed by atoms with Crippen molar-refractivity contribution in [2.24, 2.45) is 0 Å². The Labute approximate surface area is 207 Å². The van der Waals surface area contributed by atoms with Crippen molar-refractivity contribution in [3.05, 3.63) is 81.0 Å². The molecule has 36 heavy (non-hydrogen) atoms. The topological polar surface area (TPSA) is 93.5 Å². The van der Waals surface area contributed by atoms with Gasteiger partial charge in [-0.1, -0.05) is 6.07 Å². The molecule has 3 aromatic rings. The lowest BCUT2D eigenvalue weighted by Crippen LogP contribution is -2.42. The number of aryl methyl sites for hydroxylation is 2. The summed E-state index contributed by atoms with van der Waals surface area (Å²) in [7, 11) is 0. The number of carbonyl (C=O) groups excluding carboxylic acids is 2. The monoisotopic (exact) mass is 490 g/mol. The number of halogens is 1. The van der Waals surface area contributed by atoms with Crippen molar-refractivity contribution in [1.82, 2.24) is 14.5 Å². The molecule has 0 saturated heterocycles. The summed E-state index contributed by atoms with van der Waals surface area (Å²) in [4.78, 5) is 45.0. The zero-order valence-corrected chi connectivity index (χ0v) is 20.1. The van der Waals surface area contributed by atoms with E-state index in [1.165, 1.54) is 44.9 Å². The van der Waals surface area contributed by atoms with Crippen molar-refractivity contribution < 1.29 is 18.7 Å². The Bertz CT molecular complexity index is 1380. The van der Waals surface area contributed by atoms with Gasteiger partial charge in [0, 0.05) is 23.4 Å². The van der Waals surface area contributed by atoms with Crippen LogP contribution in [0.2, 0.25) is 0 Å². The zero-order valence-electron chi connectivity index (χ0n) is 20.1. The fourth-order valence-electron chi connectivity index (χ4n) is 4.86. The van der Waals surface area contributed by atoms with Gasteiger partial charge in [-0.3, -0.25) is 14.2 Å². The molecule has 9 heteroatoms. The number of carbonyl (C=O) groups is 2. The minimum Gasteiger partial charge on any atom is -0.450 e. The molecule has 8 nitrogen and oxygen atoms in total. The van der Waals surface area contributed by atoms with Crippen molar-refractivity contribution >= 4 is 17.7 Å². The second kappa shape index (κ2) is 9.93. The Balaban J connectivity index is 1.48. The summed E-state index contributed by atoms with van der Waals surface area (Å²) in [6, 6.07) is 11.5. The van der Waals surface area contributed by atoms with Crippen LogP contribution in [-0.2, 0) is 41.9 Å². The number of ether oxygens (including phenoxy) is 1. The molecule has 1 N–H and O–H groups in total. The minimum absolute atomic E-state index is 0.125. The highest BCUT2D eigenvalue weighted by Crippen LogP contribution is 2.25. The van der Waals surface area contributed by atoms with E-state index in [4.69, 9.17) is 4.74 Å². The quantitative estimate of drug-likeness (QED) is 0.589. The van der Waals surface area contributed by atoms with E-state index < -0.39 is 11.9 Å². The third-order valence-corrected chi connectivity index (χ3v) is 6.63. The van der Waals surface area contributed by atoms with E-state index in [1.807, 2.05) is 18.2 Å². The van der Waals surface area contributed by atoms with Crippen LogP contribution in [0.5, 0.6) is 0 Å². The molecule has 2 aliphatic rings. The number of anilines is 1. The third-order valence-electron chi connectivity index (χ3n) is 6.63. The van der Waals surface area contributed by atoms with Crippen LogP contribution in [0.4, 0.5) is 14.9 Å². The predicted molar refractivity (Wildman–Crippen MR) is 132 cm³/mol. The second-order valence-corrected chi connectivity index (χ2v) is 9.01. The van der Waals surface area contributed by atoms with Gasteiger partial charge in [0.05, 0.1) is 18.8 Å². The average molecular weight is 491 g/mol. The molecule has 0 fully saturated rings. The number of amides is 2. The van der Waals surface area contributed by atoms with Crippen LogP contribution < -0.4 is 10.9 Å². The molecule has 2 amide bonds. The van der Waals surface area contributed by atoms with Gasteiger partial charge < -0.3 is 15.0 Å². The number of nitrogens with one attached hydrogen (secondary N) is 1. The molecule has 2 aromatic carbocycles. The normalized spacial score (nSPS) is 14.2. The number of rotatable bonds is 5. The lowest BCUT2D eigenvalue weighted by molar-refractivity contribution is -0.116. The minimum atomic E-state index is -0.466. The van der Waals surface area contributed by atoms with Gasteiger partial charge in [0.2, 0.25) is 5.91 Å². The average Bonchev–Trinajstić information content (AvgIpc) is 3.34. The number of aromatic nitrogens is 2. The molecular formula is C27H27FN4O4. The van der Waals surface area contributed by atoms with E-state index >= 15 is 0 Å². The number of benzene rings is 2. The van der Waals surface area contributed by atoms with Crippen LogP contribution in [0, 0.1) is 5.82 Å². The Morgan fingerprint density at radius 3 is 2.64 bits per heavy atom. The lowest BCUT2D eigenvalue weighted by atomic mass is 10.1. The standard InChI is InChI=1S/C27H27FN4O4/c1-2-36-27(35)31-13-12-22-23(15-31)30-25(18-6-9-20(28)10-7-18)32(26(22)34)16-24(33)29-21-11-8-17-4-3-5-19(17)14-21/h6-11,14H,2-5,12-13,15-16H2,1H3,(H,29,33). The van der Waals surface area contributed by atoms with E-state index in [0.717, 1.165) is 19.3 Å². The van der Waals surface area contributed by atoms with Crippen LogP contribution in [0.3, 0.4) is 0 Å². The Kier molecular flexibility index (Phi) is 6.54. The van der Waals surface area contributed by atoms with E-state index in [0.29, 0.717) is 35.5 Å². The Morgan fingerprint density at radius 1 is 1.08 bits per heavy atom. The number of hydrogen-bond acceptors (Lipinski definition) is 5. The first-order chi connectivity index (χ1) is 17.4. The summed E-state index contributed by atoms with van der Waals surface area (Å²) in [5, 5.41) is 2.90. The number of nitrogens with zero attached hydrogens (tertiary/aromatic N) is 3. The molecule has 5 rings (SSSR count). The van der Waals surface area contributed by atoms with Crippen LogP contribution >= 0.6 is 0 Å². The molecular weight excluding hydrogens is 463 g/mol. The predicted octanol–water partition coefficient (Wildman–Crippen LogP) is 3.69. The molecule has 0 saturated carbocycles. The van der Waals surface area contributed by atoms with E-state index in [9.17, 15) is 18.8 Å². The Morgan fingerprint density at radius 2 is 1.86 bits per heavy atom. The van der Waals surface area contributed by atoms with E-state index in [1.54, 1.807) is 6.92 Å². The van der Waals surface area contributed by atoms with Crippen molar-refractivity contribution in [2.45, 2.75) is 45.7 Å². The number of fused-ring (bicyclic) bond motifs is 2. The summed E-state index contributed by atoms with van der Waals surface area (Å²) in [6.45, 7) is 2.18. The lowest BCUT2D eigenvalue weighted by Gasteiger charge is -2.28. The van der Waals surface area contributed by atoms with Crippen LogP contribution in [-0.4, -0.2) is 39.6 Å². The van der Waals surface area contributed by atoms with Crippen molar-refractivity contribution in [2.75, 3.05) is 18.5 Å². The van der Waals surface area contributed by atoms with Crippen molar-refractivity contribution in [3.8, 4) is 11.4 Å². The molecule has 0 unspecified atom stereocenters. The smallest absolute Gasteiger partial charge is 0.410 e. The van der Waals surface area contributed by atoms with Crippen molar-refractivity contribution in [3.63, 3.8) is 0 Å². The summed E-state index contributed by atoms with van der Waals surface area (Å²) in [5.41, 5.74) is 4.30. The van der Waals surface area contributed by atoms with Gasteiger partial charge in [-0.25, -0.2) is 14.2 Å². The van der Waals surface area contributed by atoms with Gasteiger partial charge in [0.1, 0.15) is 18.2 Å². The first-order valence-corrected chi connectivity index (χ1v) is 12.1. The molecule has 2 heterocycles. The molecule has 0 bridgehead atoms. The van der Waals surface area contributed by atoms with Gasteiger partial charge in [0.25, 0.3) is 5.56 Å². The Hall–Kier alpha value is -4.01. The molecule has 0 spiro atoms. The molecule has 1 aromatic heterocycles. The molecule has 1 aliphatic heterocycles. The van der Waals surface area contributed by atoms with E-state index in [-0.39, 0.29) is 37.0 Å². The SMILES string of the molecule is CCOC(=O)N1CCc2c(nc(-c3ccc(F)cc3)n(CC(=O)Nc3ccc4c(c3)CCC4)c2=O)C1. The third kappa shape index (κ3) is 4.73. The summed E-state index contributed by atoms with van der Waals surface area (Å²) < 4.78 is 20.0. The highest BCUT2D eigenvalue weighted by atomic mass is 19.1. The van der Waals surface area contributed by atoms with Gasteiger partial charge >= 0.3 is 6.09 Å². The second-order valence-electron chi connectivity index (χ2n) is 9.01. The molecule has 186 valence electrons. The zero-order chi connectivity index (χ0) is 25.2. The molecule has 1 aliphatic carbocycles. The summed E-state index contributed by atoms with van der Waals surface area (Å²) in [6.07, 6.45) is 2.98. The first-order valence-electron chi connectivity index (χ1n) is 12.1. The van der Waals surface area contributed by atoms with E-state index in [2.05, 4.69) is 10.3 Å². The van der Waals surface area contributed by atoms with Gasteiger partial charge in [-0.15, -0.1) is 0 Å². The maximum atomic E-state index is 13.6. The van der Waals surface area contributed by atoms with Crippen LogP contribution in [0.15, 0.2) is 47.3 Å². The number of hydrogen-bond donors (Lipinski definition) is 1. The van der Waals surface area contributed by atoms with Crippen LogP contribution in [0.25, 0.3) is 11.4 Å².